The van der Waals surface area contributed by atoms with Crippen LogP contribution in [-0.4, -0.2) is 81.2 Å². The first-order valence-corrected chi connectivity index (χ1v) is 23.2. The van der Waals surface area contributed by atoms with Crippen molar-refractivity contribution in [1.29, 1.82) is 0 Å². The van der Waals surface area contributed by atoms with Gasteiger partial charge in [0.15, 0.2) is 6.10 Å². The van der Waals surface area contributed by atoms with Crippen molar-refractivity contribution in [3.8, 4) is 0 Å². The van der Waals surface area contributed by atoms with Crippen molar-refractivity contribution in [3.05, 3.63) is 72.9 Å². The Morgan fingerprint density at radius 1 is 0.667 bits per heavy atom. The fraction of sp³-hybridized carbons (Fsp3) is 0.696. The topological polar surface area (TPSA) is 131 Å². The van der Waals surface area contributed by atoms with Crippen LogP contribution < -0.4 is 4.89 Å². The molecule has 0 rings (SSSR count). The maximum absolute atomic E-state index is 12.7. The number of ether oxygens (including phenoxy) is 2. The lowest BCUT2D eigenvalue weighted by Gasteiger charge is -2.28. The number of aliphatic hydroxyl groups is 1. The van der Waals surface area contributed by atoms with Crippen molar-refractivity contribution in [2.75, 3.05) is 47.5 Å². The van der Waals surface area contributed by atoms with Crippen LogP contribution in [0.3, 0.4) is 0 Å². The summed E-state index contributed by atoms with van der Waals surface area (Å²) in [6.07, 6.45) is 42.5. The Labute approximate surface area is 347 Å². The lowest BCUT2D eigenvalue weighted by molar-refractivity contribution is -0.870. The third-order valence-corrected chi connectivity index (χ3v) is 9.78. The summed E-state index contributed by atoms with van der Waals surface area (Å²) < 4.78 is 33.7. The Morgan fingerprint density at radius 3 is 1.84 bits per heavy atom. The number of hydrogen-bond donors (Lipinski definition) is 1. The molecule has 0 spiro atoms. The van der Waals surface area contributed by atoms with Crippen LogP contribution in [0.15, 0.2) is 72.9 Å². The average Bonchev–Trinajstić information content (AvgIpc) is 3.15. The zero-order valence-corrected chi connectivity index (χ0v) is 37.3. The smallest absolute Gasteiger partial charge is 0.306 e. The first kappa shape index (κ1) is 54.4. The molecule has 0 aromatic heterocycles. The summed E-state index contributed by atoms with van der Waals surface area (Å²) in [5.41, 5.74) is 0. The molecule has 3 atom stereocenters. The molecule has 328 valence electrons. The van der Waals surface area contributed by atoms with E-state index in [0.29, 0.717) is 30.3 Å². The molecule has 0 amide bonds. The number of nitrogens with zero attached hydrogens (tertiary/aromatic N) is 1. The van der Waals surface area contributed by atoms with E-state index in [2.05, 4.69) is 62.5 Å². The second kappa shape index (κ2) is 37.7. The van der Waals surface area contributed by atoms with Gasteiger partial charge in [0.25, 0.3) is 7.82 Å². The predicted molar refractivity (Wildman–Crippen MR) is 232 cm³/mol. The number of carbonyl (C=O) groups excluding carboxylic acids is 2. The summed E-state index contributed by atoms with van der Waals surface area (Å²) in [7, 11) is 1.03. The largest absolute Gasteiger partial charge is 0.756 e. The zero-order valence-electron chi connectivity index (χ0n) is 36.4. The number of quaternary nitrogens is 1. The van der Waals surface area contributed by atoms with Gasteiger partial charge in [0.2, 0.25) is 0 Å². The number of phosphoric ester groups is 1. The van der Waals surface area contributed by atoms with E-state index < -0.39 is 38.6 Å². The number of allylic oxidation sites excluding steroid dienone is 11. The summed E-state index contributed by atoms with van der Waals surface area (Å²) in [5.74, 6) is -1.06. The third-order valence-electron chi connectivity index (χ3n) is 8.81. The van der Waals surface area contributed by atoms with E-state index in [1.165, 1.54) is 38.5 Å². The first-order valence-electron chi connectivity index (χ1n) is 21.8. The van der Waals surface area contributed by atoms with Gasteiger partial charge in [0.05, 0.1) is 33.9 Å². The number of esters is 2. The Hall–Kier alpha value is -2.59. The van der Waals surface area contributed by atoms with Gasteiger partial charge in [-0.3, -0.25) is 14.2 Å². The van der Waals surface area contributed by atoms with Crippen LogP contribution in [0.25, 0.3) is 0 Å². The van der Waals surface area contributed by atoms with E-state index in [4.69, 9.17) is 18.5 Å². The van der Waals surface area contributed by atoms with Crippen molar-refractivity contribution in [2.45, 2.75) is 161 Å². The van der Waals surface area contributed by atoms with E-state index in [1.807, 2.05) is 33.3 Å². The lowest BCUT2D eigenvalue weighted by atomic mass is 10.1. The lowest BCUT2D eigenvalue weighted by Crippen LogP contribution is -2.37. The van der Waals surface area contributed by atoms with Crippen molar-refractivity contribution < 1.29 is 47.2 Å². The van der Waals surface area contributed by atoms with Gasteiger partial charge >= 0.3 is 11.9 Å². The van der Waals surface area contributed by atoms with Crippen LogP contribution in [0.1, 0.15) is 149 Å². The van der Waals surface area contributed by atoms with Crippen LogP contribution in [0, 0.1) is 0 Å². The minimum Gasteiger partial charge on any atom is -0.756 e. The van der Waals surface area contributed by atoms with E-state index in [9.17, 15) is 24.2 Å². The highest BCUT2D eigenvalue weighted by atomic mass is 31.2. The summed E-state index contributed by atoms with van der Waals surface area (Å²) in [6, 6.07) is 0. The zero-order chi connectivity index (χ0) is 42.3. The summed E-state index contributed by atoms with van der Waals surface area (Å²) >= 11 is 0. The maximum atomic E-state index is 12.7. The summed E-state index contributed by atoms with van der Waals surface area (Å²) in [6.45, 7) is 3.85. The Kier molecular flexibility index (Phi) is 36.0. The standard InChI is InChI=1S/C46H80NO9P/c1-6-8-10-12-14-16-18-20-21-23-25-27-29-31-33-37-45(49)53-41-44(42-55-57(51,52)54-40-39-47(3,4)5)56-46(50)38-34-36-43(48)35-32-30-28-26-24-22-19-17-15-13-11-9-7-2/h9,11,15,17,20-22,24,28,30,32,35,43-44,48H,6-8,10,12-14,16,18-19,23,25-27,29,31,33-34,36-42H2,1-5H3/b11-9-,17-15-,21-20-,24-22-,30-28-,35-32+/t43?,44-/m1/s1. The van der Waals surface area contributed by atoms with Gasteiger partial charge in [-0.2, -0.15) is 0 Å². The molecule has 0 fully saturated rings. The van der Waals surface area contributed by atoms with E-state index in [-0.39, 0.29) is 26.1 Å². The number of likely N-dealkylation sites (N-methyl/N-ethyl adjacent to an activating group) is 1. The monoisotopic (exact) mass is 822 g/mol. The van der Waals surface area contributed by atoms with Gasteiger partial charge in [-0.15, -0.1) is 0 Å². The fourth-order valence-corrected chi connectivity index (χ4v) is 6.11. The second-order valence-electron chi connectivity index (χ2n) is 15.5. The Morgan fingerprint density at radius 2 is 1.23 bits per heavy atom. The van der Waals surface area contributed by atoms with Crippen LogP contribution in [0.2, 0.25) is 0 Å². The molecule has 0 saturated carbocycles. The quantitative estimate of drug-likeness (QED) is 0.0161. The van der Waals surface area contributed by atoms with Crippen molar-refractivity contribution in [3.63, 3.8) is 0 Å². The normalized spacial score (nSPS) is 14.9. The highest BCUT2D eigenvalue weighted by Crippen LogP contribution is 2.38. The van der Waals surface area contributed by atoms with Gasteiger partial charge in [0.1, 0.15) is 19.8 Å². The van der Waals surface area contributed by atoms with Crippen molar-refractivity contribution in [1.82, 2.24) is 0 Å². The maximum Gasteiger partial charge on any atom is 0.306 e. The molecule has 0 aliphatic heterocycles. The molecular weight excluding hydrogens is 741 g/mol. The molecule has 0 bridgehead atoms. The number of unbranched alkanes of at least 4 members (excludes halogenated alkanes) is 11. The van der Waals surface area contributed by atoms with E-state index >= 15 is 0 Å². The number of phosphoric acid groups is 1. The molecule has 0 aliphatic carbocycles. The van der Waals surface area contributed by atoms with Gasteiger partial charge in [0, 0.05) is 12.8 Å². The first-order chi connectivity index (χ1) is 27.4. The van der Waals surface area contributed by atoms with Gasteiger partial charge in [-0.1, -0.05) is 138 Å². The van der Waals surface area contributed by atoms with Gasteiger partial charge in [-0.05, 0) is 70.6 Å². The van der Waals surface area contributed by atoms with Crippen molar-refractivity contribution >= 4 is 19.8 Å². The molecule has 0 aromatic carbocycles. The van der Waals surface area contributed by atoms with Crippen LogP contribution >= 0.6 is 7.82 Å². The molecule has 2 unspecified atom stereocenters. The number of aliphatic hydroxyl groups excluding tert-OH is 1. The van der Waals surface area contributed by atoms with Gasteiger partial charge < -0.3 is 33.0 Å². The molecule has 0 radical (unpaired) electrons. The van der Waals surface area contributed by atoms with Crippen LogP contribution in [0.4, 0.5) is 0 Å². The molecule has 0 heterocycles. The molecule has 1 N–H and O–H groups in total. The minimum absolute atomic E-state index is 0.0106. The Bertz CT molecular complexity index is 1220. The van der Waals surface area contributed by atoms with Crippen LogP contribution in [-0.2, 0) is 32.7 Å². The molecule has 0 aromatic rings. The average molecular weight is 822 g/mol. The molecule has 10 nitrogen and oxygen atoms in total. The SMILES string of the molecule is CC/C=C\C/C=C\C/C=C\C/C=C\C=C\C(O)CCCC(=O)O[C@H](COC(=O)CCCCCCC/C=C\CCCCCCCC)COP(=O)([O-])OCC[N+](C)(C)C. The molecule has 0 saturated heterocycles. The molecular formula is C46H80NO9P. The van der Waals surface area contributed by atoms with Crippen LogP contribution in [0.5, 0.6) is 0 Å². The number of rotatable bonds is 38. The molecule has 0 aliphatic rings. The minimum atomic E-state index is -4.68. The second-order valence-corrected chi connectivity index (χ2v) is 16.9. The van der Waals surface area contributed by atoms with Crippen molar-refractivity contribution in [2.24, 2.45) is 0 Å². The van der Waals surface area contributed by atoms with E-state index in [0.717, 1.165) is 64.2 Å². The van der Waals surface area contributed by atoms with E-state index in [1.54, 1.807) is 12.2 Å². The highest BCUT2D eigenvalue weighted by molar-refractivity contribution is 7.45. The summed E-state index contributed by atoms with van der Waals surface area (Å²) in [4.78, 5) is 37.5. The number of hydrogen-bond acceptors (Lipinski definition) is 9. The Balaban J connectivity index is 4.60. The van der Waals surface area contributed by atoms with Gasteiger partial charge in [-0.25, -0.2) is 0 Å². The summed E-state index contributed by atoms with van der Waals surface area (Å²) in [5, 5.41) is 10.3. The highest BCUT2D eigenvalue weighted by Gasteiger charge is 2.22. The number of carbonyl (C=O) groups is 2. The molecule has 11 heteroatoms. The predicted octanol–water partition coefficient (Wildman–Crippen LogP) is 10.6. The fourth-order valence-electron chi connectivity index (χ4n) is 5.38. The molecule has 57 heavy (non-hydrogen) atoms. The third kappa shape index (κ3) is 41.4.